The van der Waals surface area contributed by atoms with Gasteiger partial charge >= 0.3 is 58.4 Å². The van der Waals surface area contributed by atoms with E-state index in [2.05, 4.69) is 13.8 Å². The van der Waals surface area contributed by atoms with E-state index in [9.17, 15) is 59.4 Å². The van der Waals surface area contributed by atoms with Crippen molar-refractivity contribution in [2.45, 2.75) is 155 Å². The van der Waals surface area contributed by atoms with E-state index in [4.69, 9.17) is 0 Å². The van der Waals surface area contributed by atoms with Crippen molar-refractivity contribution in [3.8, 4) is 0 Å². The van der Waals surface area contributed by atoms with E-state index in [1.165, 1.54) is 89.2 Å². The number of carboxylic acid groups (broad SMARTS) is 6. The van der Waals surface area contributed by atoms with Gasteiger partial charge in [0.2, 0.25) is 0 Å². The van der Waals surface area contributed by atoms with E-state index in [1.807, 2.05) is 0 Å². The monoisotopic (exact) mass is 870 g/mol. The van der Waals surface area contributed by atoms with Gasteiger partial charge in [0.25, 0.3) is 0 Å². The van der Waals surface area contributed by atoms with Crippen molar-refractivity contribution in [1.29, 1.82) is 0 Å². The van der Waals surface area contributed by atoms with E-state index in [0.29, 0.717) is 25.0 Å². The van der Waals surface area contributed by atoms with Crippen LogP contribution in [0, 0.1) is 10.8 Å². The average molecular weight is 875 g/mol. The Morgan fingerprint density at radius 1 is 0.353 bits per heavy atom. The molecule has 0 spiro atoms. The summed E-state index contributed by atoms with van der Waals surface area (Å²) in [5.41, 5.74) is -6.45. The fourth-order valence-electron chi connectivity index (χ4n) is 4.93. The Morgan fingerprint density at radius 3 is 0.706 bits per heavy atom. The summed E-state index contributed by atoms with van der Waals surface area (Å²) in [6, 6.07) is 0. The average Bonchev–Trinajstić information content (AvgIpc) is 3.01. The number of carbonyl (C=O) groups is 6. The molecule has 0 heterocycles. The van der Waals surface area contributed by atoms with Crippen LogP contribution in [0.2, 0.25) is 0 Å². The Bertz CT molecular complexity index is 879. The molecule has 0 rings (SSSR count). The van der Waals surface area contributed by atoms with Crippen LogP contribution in [-0.2, 0) is 87.2 Å². The third-order valence-corrected chi connectivity index (χ3v) is 8.12. The first-order valence-corrected chi connectivity index (χ1v) is 17.4. The molecule has 12 nitrogen and oxygen atoms in total. The van der Waals surface area contributed by atoms with Crippen LogP contribution >= 0.6 is 0 Å². The fraction of sp³-hybridized carbons (Fsp3) is 0.722. The Labute approximate surface area is 342 Å². The van der Waals surface area contributed by atoms with Crippen molar-refractivity contribution in [1.82, 2.24) is 0 Å². The summed E-state index contributed by atoms with van der Waals surface area (Å²) in [7, 11) is 0. The van der Waals surface area contributed by atoms with E-state index in [-0.39, 0.29) is 58.4 Å². The van der Waals surface area contributed by atoms with Crippen LogP contribution in [0.25, 0.3) is 0 Å². The molecular formula is C36H54O12Zn3. The number of aliphatic carboxylic acids is 6. The summed E-state index contributed by atoms with van der Waals surface area (Å²) in [4.78, 5) is 65.0. The minimum atomic E-state index is -3.22. The minimum Gasteiger partial charge on any atom is -0.548 e. The molecule has 0 aromatic carbocycles. The van der Waals surface area contributed by atoms with Crippen LogP contribution in [0.4, 0.5) is 0 Å². The number of carbonyl (C=O) groups excluding carboxylic acids is 6. The van der Waals surface area contributed by atoms with Crippen molar-refractivity contribution in [2.75, 3.05) is 0 Å². The van der Waals surface area contributed by atoms with Crippen molar-refractivity contribution >= 4 is 35.8 Å². The standard InChI is InChI=1S/2C18H30O6.3Zn/c2*1-2-3-4-5-6-7-8-9-10-11-12-13-14-18(15(19)20,16(21)22)17(23)24;;;/h2*13-14H,2-12H2,1H3,(H,19,20)(H,21,22)(H,23,24);;;/q;;3*+2/p-6. The molecule has 0 atom stereocenters. The first-order valence-electron chi connectivity index (χ1n) is 17.4. The largest absolute Gasteiger partial charge is 2.00 e. The molecule has 0 unspecified atom stereocenters. The second-order valence-electron chi connectivity index (χ2n) is 12.1. The SMILES string of the molecule is CCCCCCCCCCCCC=CC(C(=O)[O-])(C(=O)[O-])C(=O)[O-].CCCCCCCCCCCCC=CC(C(=O)[O-])(C(=O)[O-])C(=O)[O-].[Zn+2].[Zn+2].[Zn+2]. The predicted molar refractivity (Wildman–Crippen MR) is 166 cm³/mol. The molecule has 0 radical (unpaired) electrons. The zero-order valence-electron chi connectivity index (χ0n) is 30.9. The quantitative estimate of drug-likeness (QED) is 0.0406. The summed E-state index contributed by atoms with van der Waals surface area (Å²) in [6.45, 7) is 4.37. The van der Waals surface area contributed by atoms with Crippen LogP contribution in [-0.4, -0.2) is 35.8 Å². The van der Waals surface area contributed by atoms with E-state index in [1.54, 1.807) is 0 Å². The molecule has 0 aromatic rings. The third kappa shape index (κ3) is 24.9. The zero-order chi connectivity index (χ0) is 36.8. The fourth-order valence-corrected chi connectivity index (χ4v) is 4.93. The maximum atomic E-state index is 10.8. The third-order valence-electron chi connectivity index (χ3n) is 8.12. The molecule has 0 saturated carbocycles. The van der Waals surface area contributed by atoms with Crippen molar-refractivity contribution in [2.24, 2.45) is 10.8 Å². The Balaban J connectivity index is -0.000000261. The van der Waals surface area contributed by atoms with Crippen LogP contribution in [0.5, 0.6) is 0 Å². The molecule has 0 aliphatic heterocycles. The van der Waals surface area contributed by atoms with Crippen molar-refractivity contribution in [3.63, 3.8) is 0 Å². The van der Waals surface area contributed by atoms with Gasteiger partial charge in [-0.1, -0.05) is 154 Å². The smallest absolute Gasteiger partial charge is 0.548 e. The van der Waals surface area contributed by atoms with E-state index >= 15 is 0 Å². The Morgan fingerprint density at radius 2 is 0.529 bits per heavy atom. The van der Waals surface area contributed by atoms with Crippen LogP contribution < -0.4 is 30.6 Å². The summed E-state index contributed by atoms with van der Waals surface area (Å²) >= 11 is 0. The molecule has 0 bridgehead atoms. The van der Waals surface area contributed by atoms with Crippen LogP contribution in [0.15, 0.2) is 24.3 Å². The van der Waals surface area contributed by atoms with Gasteiger partial charge in [-0.25, -0.2) is 0 Å². The van der Waals surface area contributed by atoms with Gasteiger partial charge in [-0.15, -0.1) is 0 Å². The van der Waals surface area contributed by atoms with E-state index in [0.717, 1.165) is 51.4 Å². The summed E-state index contributed by atoms with van der Waals surface area (Å²) in [6.07, 6.45) is 27.2. The zero-order valence-corrected chi connectivity index (χ0v) is 39.8. The maximum Gasteiger partial charge on any atom is 2.00 e. The topological polar surface area (TPSA) is 241 Å². The normalized spacial score (nSPS) is 11.0. The van der Waals surface area contributed by atoms with Gasteiger partial charge in [-0.2, -0.15) is 0 Å². The molecule has 51 heavy (non-hydrogen) atoms. The molecule has 0 saturated heterocycles. The predicted octanol–water partition coefficient (Wildman–Crippen LogP) is 0.172. The number of carboxylic acids is 6. The second kappa shape index (κ2) is 36.5. The molecular weight excluding hydrogens is 821 g/mol. The van der Waals surface area contributed by atoms with Gasteiger partial charge in [0.15, 0.2) is 0 Å². The number of hydrogen-bond donors (Lipinski definition) is 0. The summed E-state index contributed by atoms with van der Waals surface area (Å²) in [5, 5.41) is 65.0. The van der Waals surface area contributed by atoms with Gasteiger partial charge in [-0.05, 0) is 25.7 Å². The van der Waals surface area contributed by atoms with Crippen LogP contribution in [0.1, 0.15) is 155 Å². The first kappa shape index (κ1) is 58.5. The van der Waals surface area contributed by atoms with E-state index < -0.39 is 46.6 Å². The maximum absolute atomic E-state index is 10.8. The minimum absolute atomic E-state index is 0. The molecule has 0 fully saturated rings. The van der Waals surface area contributed by atoms with Gasteiger partial charge in [0, 0.05) is 0 Å². The number of hydrogen-bond acceptors (Lipinski definition) is 12. The molecule has 0 aliphatic rings. The second-order valence-corrected chi connectivity index (χ2v) is 12.1. The molecule has 15 heteroatoms. The van der Waals surface area contributed by atoms with Gasteiger partial charge in [0.1, 0.15) is 10.8 Å². The molecule has 0 amide bonds. The molecule has 0 N–H and O–H groups in total. The molecule has 276 valence electrons. The molecule has 0 aliphatic carbocycles. The number of rotatable bonds is 30. The van der Waals surface area contributed by atoms with Gasteiger partial charge < -0.3 is 59.4 Å². The number of allylic oxidation sites excluding steroid dienone is 2. The summed E-state index contributed by atoms with van der Waals surface area (Å²) in [5.74, 6) is -13.6. The molecule has 0 aromatic heterocycles. The van der Waals surface area contributed by atoms with Crippen LogP contribution in [0.3, 0.4) is 0 Å². The van der Waals surface area contributed by atoms with Crippen molar-refractivity contribution in [3.05, 3.63) is 24.3 Å². The Hall–Kier alpha value is -1.83. The summed E-state index contributed by atoms with van der Waals surface area (Å²) < 4.78 is 0. The van der Waals surface area contributed by atoms with Crippen molar-refractivity contribution < 1.29 is 118 Å². The first-order chi connectivity index (χ1) is 22.8. The number of unbranched alkanes of at least 4 members (excludes halogenated alkanes) is 20. The Kier molecular flexibility index (Phi) is 41.9. The van der Waals surface area contributed by atoms with Gasteiger partial charge in [-0.3, -0.25) is 0 Å². The van der Waals surface area contributed by atoms with Gasteiger partial charge in [0.05, 0.1) is 35.8 Å².